The van der Waals surface area contributed by atoms with Crippen LogP contribution in [0.2, 0.25) is 0 Å². The van der Waals surface area contributed by atoms with Crippen molar-refractivity contribution in [3.63, 3.8) is 0 Å². The molecule has 1 amide bonds. The van der Waals surface area contributed by atoms with Crippen LogP contribution in [0.3, 0.4) is 0 Å². The van der Waals surface area contributed by atoms with Crippen LogP contribution in [0, 0.1) is 5.82 Å². The van der Waals surface area contributed by atoms with Crippen molar-refractivity contribution in [1.82, 2.24) is 19.9 Å². The zero-order valence-electron chi connectivity index (χ0n) is 16.0. The molecule has 158 valence electrons. The number of benzene rings is 2. The molecule has 2 aromatic carbocycles. The van der Waals surface area contributed by atoms with Gasteiger partial charge in [-0.25, -0.2) is 14.4 Å². The molecular formula is C22H16F4N4O. The van der Waals surface area contributed by atoms with Crippen LogP contribution in [-0.4, -0.2) is 20.4 Å². The lowest BCUT2D eigenvalue weighted by Crippen LogP contribution is -2.23. The molecule has 0 aliphatic carbocycles. The standard InChI is InChI=1S/C22H16F4N4O/c23-17-5-2-1-4-16(17)12-28-20(31)15-9-7-14(8-10-15)13-30-19-18(6-3-11-27-19)29-21(30)22(24,25)26/h1-11H,12-13H2,(H,28,31). The highest BCUT2D eigenvalue weighted by Crippen LogP contribution is 2.31. The molecule has 5 nitrogen and oxygen atoms in total. The minimum Gasteiger partial charge on any atom is -0.348 e. The topological polar surface area (TPSA) is 59.8 Å². The van der Waals surface area contributed by atoms with E-state index in [4.69, 9.17) is 0 Å². The monoisotopic (exact) mass is 428 g/mol. The second-order valence-electron chi connectivity index (χ2n) is 6.84. The van der Waals surface area contributed by atoms with E-state index in [1.807, 2.05) is 0 Å². The molecule has 0 aliphatic rings. The molecule has 0 atom stereocenters. The summed E-state index contributed by atoms with van der Waals surface area (Å²) in [7, 11) is 0. The number of imidazole rings is 1. The second kappa shape index (κ2) is 8.17. The Morgan fingerprint density at radius 3 is 2.45 bits per heavy atom. The van der Waals surface area contributed by atoms with Crippen molar-refractivity contribution in [2.75, 3.05) is 0 Å². The van der Waals surface area contributed by atoms with E-state index >= 15 is 0 Å². The molecule has 1 N–H and O–H groups in total. The molecule has 0 saturated heterocycles. The molecule has 31 heavy (non-hydrogen) atoms. The van der Waals surface area contributed by atoms with Crippen LogP contribution in [0.5, 0.6) is 0 Å². The van der Waals surface area contributed by atoms with Gasteiger partial charge in [-0.05, 0) is 35.9 Å². The van der Waals surface area contributed by atoms with E-state index < -0.39 is 23.7 Å². The number of nitrogens with zero attached hydrogens (tertiary/aromatic N) is 3. The van der Waals surface area contributed by atoms with Crippen LogP contribution < -0.4 is 5.32 Å². The smallest absolute Gasteiger partial charge is 0.348 e. The first-order valence-corrected chi connectivity index (χ1v) is 9.32. The fraction of sp³-hybridized carbons (Fsp3) is 0.136. The highest BCUT2D eigenvalue weighted by atomic mass is 19.4. The average molecular weight is 428 g/mol. The summed E-state index contributed by atoms with van der Waals surface area (Å²) in [6, 6.07) is 15.2. The third kappa shape index (κ3) is 4.40. The molecule has 2 heterocycles. The zero-order chi connectivity index (χ0) is 22.0. The largest absolute Gasteiger partial charge is 0.449 e. The maximum absolute atomic E-state index is 13.7. The number of amides is 1. The van der Waals surface area contributed by atoms with Gasteiger partial charge in [-0.3, -0.25) is 4.79 Å². The van der Waals surface area contributed by atoms with Crippen molar-refractivity contribution in [3.8, 4) is 0 Å². The SMILES string of the molecule is O=C(NCc1ccccc1F)c1ccc(Cn2c(C(F)(F)F)nc3cccnc32)cc1. The minimum atomic E-state index is -4.63. The minimum absolute atomic E-state index is 0.0227. The number of rotatable bonds is 5. The van der Waals surface area contributed by atoms with Crippen molar-refractivity contribution in [2.45, 2.75) is 19.3 Å². The number of halogens is 4. The summed E-state index contributed by atoms with van der Waals surface area (Å²) < 4.78 is 54.9. The van der Waals surface area contributed by atoms with Gasteiger partial charge in [0.1, 0.15) is 11.3 Å². The molecule has 0 aliphatic heterocycles. The number of nitrogens with one attached hydrogen (secondary N) is 1. The molecular weight excluding hydrogens is 412 g/mol. The van der Waals surface area contributed by atoms with Crippen LogP contribution >= 0.6 is 0 Å². The lowest BCUT2D eigenvalue weighted by Gasteiger charge is -2.11. The predicted octanol–water partition coefficient (Wildman–Crippen LogP) is 4.57. The lowest BCUT2D eigenvalue weighted by atomic mass is 10.1. The van der Waals surface area contributed by atoms with Gasteiger partial charge >= 0.3 is 6.18 Å². The molecule has 4 rings (SSSR count). The van der Waals surface area contributed by atoms with Crippen molar-refractivity contribution < 1.29 is 22.4 Å². The van der Waals surface area contributed by atoms with Crippen LogP contribution in [0.15, 0.2) is 66.9 Å². The molecule has 0 saturated carbocycles. The van der Waals surface area contributed by atoms with Gasteiger partial charge < -0.3 is 9.88 Å². The Hall–Kier alpha value is -3.75. The highest BCUT2D eigenvalue weighted by molar-refractivity contribution is 5.94. The van der Waals surface area contributed by atoms with Crippen LogP contribution in [0.25, 0.3) is 11.2 Å². The van der Waals surface area contributed by atoms with Gasteiger partial charge in [0.2, 0.25) is 5.82 Å². The molecule has 9 heteroatoms. The summed E-state index contributed by atoms with van der Waals surface area (Å²) in [6.45, 7) is -0.0889. The quantitative estimate of drug-likeness (QED) is 0.474. The average Bonchev–Trinajstić information content (AvgIpc) is 3.12. The fourth-order valence-corrected chi connectivity index (χ4v) is 3.19. The van der Waals surface area contributed by atoms with Gasteiger partial charge in [0.25, 0.3) is 5.91 Å². The van der Waals surface area contributed by atoms with Crippen LogP contribution in [0.4, 0.5) is 17.6 Å². The summed E-state index contributed by atoms with van der Waals surface area (Å²) in [5.74, 6) is -1.87. The number of carbonyl (C=O) groups excluding carboxylic acids is 1. The Bertz CT molecular complexity index is 1230. The third-order valence-corrected chi connectivity index (χ3v) is 4.71. The van der Waals surface area contributed by atoms with E-state index in [-0.39, 0.29) is 24.3 Å². The van der Waals surface area contributed by atoms with Crippen molar-refractivity contribution in [3.05, 3.63) is 95.2 Å². The van der Waals surface area contributed by atoms with E-state index in [2.05, 4.69) is 15.3 Å². The fourth-order valence-electron chi connectivity index (χ4n) is 3.19. The third-order valence-electron chi connectivity index (χ3n) is 4.71. The zero-order valence-corrected chi connectivity index (χ0v) is 16.0. The first kappa shape index (κ1) is 20.5. The molecule has 0 fully saturated rings. The van der Waals surface area contributed by atoms with Crippen molar-refractivity contribution in [2.24, 2.45) is 0 Å². The number of pyridine rings is 1. The molecule has 0 radical (unpaired) electrons. The van der Waals surface area contributed by atoms with Gasteiger partial charge in [0.05, 0.1) is 6.54 Å². The first-order valence-electron chi connectivity index (χ1n) is 9.32. The van der Waals surface area contributed by atoms with Crippen LogP contribution in [0.1, 0.15) is 27.3 Å². The van der Waals surface area contributed by atoms with Gasteiger partial charge in [-0.15, -0.1) is 0 Å². The summed E-state index contributed by atoms with van der Waals surface area (Å²) in [4.78, 5) is 20.0. The van der Waals surface area contributed by atoms with E-state index in [9.17, 15) is 22.4 Å². The molecule has 0 spiro atoms. The Morgan fingerprint density at radius 2 is 1.74 bits per heavy atom. The summed E-state index contributed by atoms with van der Waals surface area (Å²) >= 11 is 0. The maximum atomic E-state index is 13.7. The Balaban J connectivity index is 1.52. The lowest BCUT2D eigenvalue weighted by molar-refractivity contribution is -0.146. The van der Waals surface area contributed by atoms with Crippen molar-refractivity contribution in [1.29, 1.82) is 0 Å². The van der Waals surface area contributed by atoms with E-state index in [0.29, 0.717) is 16.7 Å². The van der Waals surface area contributed by atoms with Crippen molar-refractivity contribution >= 4 is 17.1 Å². The Morgan fingerprint density at radius 1 is 1.00 bits per heavy atom. The number of aromatic nitrogens is 3. The summed E-state index contributed by atoms with van der Waals surface area (Å²) in [5, 5.41) is 2.62. The number of hydrogen-bond donors (Lipinski definition) is 1. The normalized spacial score (nSPS) is 11.6. The number of carbonyl (C=O) groups is 1. The van der Waals surface area contributed by atoms with Crippen LogP contribution in [-0.2, 0) is 19.3 Å². The van der Waals surface area contributed by atoms with E-state index in [1.54, 1.807) is 30.3 Å². The highest BCUT2D eigenvalue weighted by Gasteiger charge is 2.37. The molecule has 2 aromatic heterocycles. The maximum Gasteiger partial charge on any atom is 0.449 e. The van der Waals surface area contributed by atoms with E-state index in [0.717, 1.165) is 4.57 Å². The molecule has 0 unspecified atom stereocenters. The number of hydrogen-bond acceptors (Lipinski definition) is 3. The number of fused-ring (bicyclic) bond motifs is 1. The second-order valence-corrected chi connectivity index (χ2v) is 6.84. The van der Waals surface area contributed by atoms with Gasteiger partial charge in [-0.1, -0.05) is 30.3 Å². The van der Waals surface area contributed by atoms with Gasteiger partial charge in [0.15, 0.2) is 5.65 Å². The number of alkyl halides is 3. The summed E-state index contributed by atoms with van der Waals surface area (Å²) in [5.41, 5.74) is 1.48. The molecule has 0 bridgehead atoms. The van der Waals surface area contributed by atoms with Gasteiger partial charge in [0, 0.05) is 23.9 Å². The van der Waals surface area contributed by atoms with Gasteiger partial charge in [-0.2, -0.15) is 13.2 Å². The van der Waals surface area contributed by atoms with E-state index in [1.165, 1.54) is 36.5 Å². The predicted molar refractivity (Wildman–Crippen MR) is 106 cm³/mol. The summed E-state index contributed by atoms with van der Waals surface area (Å²) in [6.07, 6.45) is -3.23. The Labute approximate surface area is 174 Å². The first-order chi connectivity index (χ1) is 14.8. The Kier molecular flexibility index (Phi) is 5.41. The molecule has 4 aromatic rings.